The Labute approximate surface area is 122 Å². The first-order chi connectivity index (χ1) is 9.69. The number of hydrogen-bond acceptors (Lipinski definition) is 3. The van der Waals surface area contributed by atoms with E-state index in [1.165, 1.54) is 0 Å². The highest BCUT2D eigenvalue weighted by molar-refractivity contribution is 5.26. The average Bonchev–Trinajstić information content (AvgIpc) is 2.47. The zero-order valence-electron chi connectivity index (χ0n) is 12.5. The first-order valence-electron chi connectivity index (χ1n) is 7.69. The van der Waals surface area contributed by atoms with E-state index in [2.05, 4.69) is 6.92 Å². The minimum atomic E-state index is 0.193. The molecule has 1 rings (SSSR count). The normalized spacial score (nSPS) is 14.2. The number of phenolic OH excluding ortho intramolecular Hbond substituents is 1. The molecule has 0 aromatic heterocycles. The molecule has 3 heteroatoms. The summed E-state index contributed by atoms with van der Waals surface area (Å²) in [7, 11) is 0. The highest BCUT2D eigenvalue weighted by atomic mass is 16.3. The molecule has 0 aliphatic carbocycles. The van der Waals surface area contributed by atoms with Crippen LogP contribution in [0.2, 0.25) is 0 Å². The second-order valence-electron chi connectivity index (χ2n) is 5.69. The molecule has 0 spiro atoms. The van der Waals surface area contributed by atoms with Gasteiger partial charge in [0.05, 0.1) is 0 Å². The van der Waals surface area contributed by atoms with Crippen LogP contribution in [0.15, 0.2) is 24.3 Å². The number of hydrogen-bond donors (Lipinski definition) is 3. The largest absolute Gasteiger partial charge is 0.508 e. The van der Waals surface area contributed by atoms with Crippen molar-refractivity contribution < 1.29 is 15.3 Å². The molecule has 0 aliphatic heterocycles. The molecule has 2 atom stereocenters. The maximum Gasteiger partial charge on any atom is 0.115 e. The topological polar surface area (TPSA) is 60.7 Å². The molecule has 1 aromatic rings. The van der Waals surface area contributed by atoms with Gasteiger partial charge in [0.2, 0.25) is 0 Å². The van der Waals surface area contributed by atoms with Crippen molar-refractivity contribution in [3.63, 3.8) is 0 Å². The Balaban J connectivity index is 2.33. The van der Waals surface area contributed by atoms with Crippen LogP contribution in [-0.2, 0) is 6.42 Å². The fourth-order valence-electron chi connectivity index (χ4n) is 2.65. The summed E-state index contributed by atoms with van der Waals surface area (Å²) in [5, 5.41) is 28.0. The molecular weight excluding hydrogens is 252 g/mol. The Morgan fingerprint density at radius 2 is 1.50 bits per heavy atom. The van der Waals surface area contributed by atoms with Crippen LogP contribution >= 0.6 is 0 Å². The first kappa shape index (κ1) is 17.0. The zero-order chi connectivity index (χ0) is 14.8. The van der Waals surface area contributed by atoms with E-state index >= 15 is 0 Å². The van der Waals surface area contributed by atoms with Crippen LogP contribution in [0.1, 0.15) is 44.6 Å². The van der Waals surface area contributed by atoms with Crippen LogP contribution in [0.3, 0.4) is 0 Å². The third-order valence-corrected chi connectivity index (χ3v) is 3.90. The van der Waals surface area contributed by atoms with Gasteiger partial charge in [0.1, 0.15) is 5.75 Å². The van der Waals surface area contributed by atoms with Crippen molar-refractivity contribution in [1.82, 2.24) is 0 Å². The summed E-state index contributed by atoms with van der Waals surface area (Å²) < 4.78 is 0. The Bertz CT molecular complexity index is 348. The smallest absolute Gasteiger partial charge is 0.115 e. The van der Waals surface area contributed by atoms with Gasteiger partial charge in [0.15, 0.2) is 0 Å². The highest BCUT2D eigenvalue weighted by Crippen LogP contribution is 2.20. The van der Waals surface area contributed by atoms with E-state index < -0.39 is 0 Å². The van der Waals surface area contributed by atoms with Crippen molar-refractivity contribution in [3.8, 4) is 5.75 Å². The predicted octanol–water partition coefficient (Wildman–Crippen LogP) is 3.12. The molecule has 1 aromatic carbocycles. The highest BCUT2D eigenvalue weighted by Gasteiger charge is 2.11. The summed E-state index contributed by atoms with van der Waals surface area (Å²) in [5.41, 5.74) is 1.15. The Morgan fingerprint density at radius 1 is 0.900 bits per heavy atom. The van der Waals surface area contributed by atoms with Gasteiger partial charge in [-0.05, 0) is 55.2 Å². The zero-order valence-corrected chi connectivity index (χ0v) is 12.5. The predicted molar refractivity (Wildman–Crippen MR) is 81.7 cm³/mol. The summed E-state index contributed by atoms with van der Waals surface area (Å²) in [6, 6.07) is 7.19. The number of benzene rings is 1. The molecular formula is C17H28O3. The van der Waals surface area contributed by atoms with Gasteiger partial charge in [-0.15, -0.1) is 0 Å². The molecule has 0 bridgehead atoms. The van der Waals surface area contributed by atoms with E-state index in [0.717, 1.165) is 44.1 Å². The molecule has 3 nitrogen and oxygen atoms in total. The summed E-state index contributed by atoms with van der Waals surface area (Å²) in [6.07, 6.45) is 6.11. The minimum absolute atomic E-state index is 0.193. The van der Waals surface area contributed by atoms with Gasteiger partial charge in [0, 0.05) is 13.2 Å². The molecule has 0 radical (unpaired) electrons. The van der Waals surface area contributed by atoms with Crippen LogP contribution in [0.4, 0.5) is 0 Å². The Hall–Kier alpha value is -1.06. The lowest BCUT2D eigenvalue weighted by molar-refractivity contribution is 0.190. The number of phenols is 1. The van der Waals surface area contributed by atoms with Gasteiger partial charge < -0.3 is 15.3 Å². The van der Waals surface area contributed by atoms with Crippen molar-refractivity contribution in [3.05, 3.63) is 29.8 Å². The second kappa shape index (κ2) is 9.78. The summed E-state index contributed by atoms with van der Waals surface area (Å²) >= 11 is 0. The SMILES string of the molecule is CCCC(CO)CCCC(CO)Cc1ccc(O)cc1. The van der Waals surface area contributed by atoms with E-state index in [1.807, 2.05) is 12.1 Å². The summed E-state index contributed by atoms with van der Waals surface area (Å²) in [5.74, 6) is 0.952. The van der Waals surface area contributed by atoms with Crippen LogP contribution < -0.4 is 0 Å². The van der Waals surface area contributed by atoms with Crippen LogP contribution in [0.25, 0.3) is 0 Å². The number of aliphatic hydroxyl groups excluding tert-OH is 2. The fraction of sp³-hybridized carbons (Fsp3) is 0.647. The molecule has 20 heavy (non-hydrogen) atoms. The lowest BCUT2D eigenvalue weighted by Crippen LogP contribution is -2.12. The Morgan fingerprint density at radius 3 is 2.05 bits per heavy atom. The minimum Gasteiger partial charge on any atom is -0.508 e. The van der Waals surface area contributed by atoms with Gasteiger partial charge in [-0.3, -0.25) is 0 Å². The number of rotatable bonds is 10. The number of aliphatic hydroxyl groups is 2. The summed E-state index contributed by atoms with van der Waals surface area (Å²) in [4.78, 5) is 0. The number of aromatic hydroxyl groups is 1. The van der Waals surface area contributed by atoms with Gasteiger partial charge in [0.25, 0.3) is 0 Å². The van der Waals surface area contributed by atoms with E-state index in [1.54, 1.807) is 12.1 Å². The van der Waals surface area contributed by atoms with Crippen molar-refractivity contribution in [2.24, 2.45) is 11.8 Å². The molecule has 114 valence electrons. The maximum absolute atomic E-state index is 9.47. The van der Waals surface area contributed by atoms with Gasteiger partial charge in [-0.25, -0.2) is 0 Å². The average molecular weight is 280 g/mol. The van der Waals surface area contributed by atoms with E-state index in [-0.39, 0.29) is 24.9 Å². The maximum atomic E-state index is 9.47. The first-order valence-corrected chi connectivity index (χ1v) is 7.69. The standard InChI is InChI=1S/C17H28O3/c1-2-4-15(12-18)5-3-6-16(13-19)11-14-7-9-17(20)10-8-14/h7-10,15-16,18-20H,2-6,11-13H2,1H3. The van der Waals surface area contributed by atoms with Crippen LogP contribution in [0.5, 0.6) is 5.75 Å². The molecule has 0 saturated heterocycles. The van der Waals surface area contributed by atoms with Crippen LogP contribution in [-0.4, -0.2) is 28.5 Å². The molecule has 0 fully saturated rings. The molecule has 3 N–H and O–H groups in total. The molecule has 2 unspecified atom stereocenters. The second-order valence-corrected chi connectivity index (χ2v) is 5.69. The van der Waals surface area contributed by atoms with E-state index in [9.17, 15) is 15.3 Å². The van der Waals surface area contributed by atoms with Crippen molar-refractivity contribution in [2.75, 3.05) is 13.2 Å². The van der Waals surface area contributed by atoms with E-state index in [4.69, 9.17) is 0 Å². The fourth-order valence-corrected chi connectivity index (χ4v) is 2.65. The summed E-state index contributed by atoms with van der Waals surface area (Å²) in [6.45, 7) is 2.61. The third kappa shape index (κ3) is 6.40. The van der Waals surface area contributed by atoms with Crippen molar-refractivity contribution >= 4 is 0 Å². The monoisotopic (exact) mass is 280 g/mol. The van der Waals surface area contributed by atoms with Gasteiger partial charge in [-0.2, -0.15) is 0 Å². The third-order valence-electron chi connectivity index (χ3n) is 3.90. The lowest BCUT2D eigenvalue weighted by atomic mass is 9.91. The Kier molecular flexibility index (Phi) is 8.31. The van der Waals surface area contributed by atoms with Gasteiger partial charge >= 0.3 is 0 Å². The lowest BCUT2D eigenvalue weighted by Gasteiger charge is -2.17. The van der Waals surface area contributed by atoms with Crippen LogP contribution in [0, 0.1) is 11.8 Å². The quantitative estimate of drug-likeness (QED) is 0.617. The van der Waals surface area contributed by atoms with Crippen molar-refractivity contribution in [2.45, 2.75) is 45.4 Å². The molecule has 0 amide bonds. The van der Waals surface area contributed by atoms with Crippen molar-refractivity contribution in [1.29, 1.82) is 0 Å². The molecule has 0 heterocycles. The molecule has 0 saturated carbocycles. The van der Waals surface area contributed by atoms with Gasteiger partial charge in [-0.1, -0.05) is 31.9 Å². The molecule has 0 aliphatic rings. The van der Waals surface area contributed by atoms with E-state index in [0.29, 0.717) is 5.92 Å².